The van der Waals surface area contributed by atoms with E-state index in [9.17, 15) is 8.78 Å². The minimum Gasteiger partial charge on any atom is -0.435 e. The number of benzene rings is 1. The van der Waals surface area contributed by atoms with Gasteiger partial charge in [-0.15, -0.1) is 0 Å². The molecule has 0 bridgehead atoms. The summed E-state index contributed by atoms with van der Waals surface area (Å²) < 4.78 is 33.6. The lowest BCUT2D eigenvalue weighted by atomic mass is 9.91. The van der Waals surface area contributed by atoms with Crippen LogP contribution in [0.3, 0.4) is 0 Å². The number of ether oxygens (including phenoxy) is 2. The van der Waals surface area contributed by atoms with Gasteiger partial charge in [0.25, 0.3) is 0 Å². The Morgan fingerprint density at radius 2 is 2.05 bits per heavy atom. The van der Waals surface area contributed by atoms with E-state index in [0.29, 0.717) is 12.5 Å². The molecule has 0 saturated heterocycles. The second-order valence-electron chi connectivity index (χ2n) is 4.73. The first kappa shape index (κ1) is 14.8. The Bertz CT molecular complexity index is 437. The molecule has 110 valence electrons. The van der Waals surface area contributed by atoms with Crippen LogP contribution in [0.5, 0.6) is 5.75 Å². The highest BCUT2D eigenvalue weighted by molar-refractivity contribution is 5.30. The summed E-state index contributed by atoms with van der Waals surface area (Å²) in [6, 6.07) is 6.64. The molecule has 20 heavy (non-hydrogen) atoms. The number of alkyl halides is 2. The number of halogens is 2. The molecule has 0 spiro atoms. The molecule has 0 amide bonds. The minimum atomic E-state index is -2.80. The minimum absolute atomic E-state index is 0.00690. The lowest BCUT2D eigenvalue weighted by molar-refractivity contribution is -0.0498. The van der Waals surface area contributed by atoms with E-state index in [1.54, 1.807) is 31.4 Å². The van der Waals surface area contributed by atoms with Crippen LogP contribution in [-0.2, 0) is 4.74 Å². The Kier molecular flexibility index (Phi) is 5.40. The van der Waals surface area contributed by atoms with Crippen LogP contribution >= 0.6 is 0 Å². The van der Waals surface area contributed by atoms with Crippen molar-refractivity contribution in [3.05, 3.63) is 29.8 Å². The summed E-state index contributed by atoms with van der Waals surface area (Å²) in [5.41, 5.74) is 0.982. The van der Waals surface area contributed by atoms with E-state index in [2.05, 4.69) is 15.0 Å². The highest BCUT2D eigenvalue weighted by Gasteiger charge is 2.26. The van der Waals surface area contributed by atoms with Crippen LogP contribution in [0, 0.1) is 5.92 Å². The summed E-state index contributed by atoms with van der Waals surface area (Å²) in [6.45, 7) is -1.36. The fourth-order valence-corrected chi connectivity index (χ4v) is 2.36. The average Bonchev–Trinajstić information content (AvgIpc) is 2.88. The van der Waals surface area contributed by atoms with Crippen molar-refractivity contribution < 1.29 is 18.3 Å². The first-order chi connectivity index (χ1) is 9.70. The molecule has 0 aliphatic carbocycles. The third-order valence-corrected chi connectivity index (χ3v) is 3.34. The van der Waals surface area contributed by atoms with Crippen molar-refractivity contribution in [3.63, 3.8) is 0 Å². The van der Waals surface area contributed by atoms with Gasteiger partial charge in [-0.3, -0.25) is 0 Å². The number of hydrogen-bond donors (Lipinski definition) is 0. The SMILES string of the molecule is COCCCC1CN=NC1c1ccc(OC(F)F)cc1. The highest BCUT2D eigenvalue weighted by Crippen LogP contribution is 2.35. The van der Waals surface area contributed by atoms with Gasteiger partial charge in [0.15, 0.2) is 0 Å². The molecule has 0 radical (unpaired) electrons. The molecule has 1 aromatic carbocycles. The van der Waals surface area contributed by atoms with E-state index in [1.165, 1.54) is 0 Å². The second-order valence-corrected chi connectivity index (χ2v) is 4.73. The van der Waals surface area contributed by atoms with Crippen molar-refractivity contribution in [3.8, 4) is 5.75 Å². The summed E-state index contributed by atoms with van der Waals surface area (Å²) in [5, 5.41) is 8.36. The molecule has 2 rings (SSSR count). The van der Waals surface area contributed by atoms with E-state index < -0.39 is 6.61 Å². The molecule has 0 fully saturated rings. The molecular formula is C14H18F2N2O2. The molecule has 1 heterocycles. The Labute approximate surface area is 116 Å². The van der Waals surface area contributed by atoms with Crippen molar-refractivity contribution in [1.82, 2.24) is 0 Å². The molecule has 2 unspecified atom stereocenters. The van der Waals surface area contributed by atoms with E-state index >= 15 is 0 Å². The zero-order valence-electron chi connectivity index (χ0n) is 11.3. The molecule has 1 aliphatic heterocycles. The standard InChI is InChI=1S/C14H18F2N2O2/c1-19-8-2-3-11-9-17-18-13(11)10-4-6-12(7-5-10)20-14(15)16/h4-7,11,13-14H,2-3,8-9H2,1H3. The molecule has 2 atom stereocenters. The van der Waals surface area contributed by atoms with Crippen molar-refractivity contribution in [1.29, 1.82) is 0 Å². The van der Waals surface area contributed by atoms with Gasteiger partial charge in [-0.2, -0.15) is 19.0 Å². The zero-order valence-corrected chi connectivity index (χ0v) is 11.3. The third-order valence-electron chi connectivity index (χ3n) is 3.34. The van der Waals surface area contributed by atoms with Crippen LogP contribution in [0.1, 0.15) is 24.4 Å². The van der Waals surface area contributed by atoms with Gasteiger partial charge in [0, 0.05) is 19.6 Å². The van der Waals surface area contributed by atoms with Crippen molar-refractivity contribution in [2.75, 3.05) is 20.3 Å². The van der Waals surface area contributed by atoms with E-state index in [1.807, 2.05) is 0 Å². The summed E-state index contributed by atoms with van der Waals surface area (Å²) in [6.07, 6.45) is 1.95. The maximum atomic E-state index is 12.1. The van der Waals surface area contributed by atoms with Gasteiger partial charge in [-0.1, -0.05) is 12.1 Å². The van der Waals surface area contributed by atoms with Gasteiger partial charge in [0.05, 0.1) is 6.54 Å². The Morgan fingerprint density at radius 3 is 2.70 bits per heavy atom. The van der Waals surface area contributed by atoms with E-state index in [4.69, 9.17) is 4.74 Å². The first-order valence-corrected chi connectivity index (χ1v) is 6.61. The predicted octanol–water partition coefficient (Wildman–Crippen LogP) is 3.84. The van der Waals surface area contributed by atoms with Crippen LogP contribution in [0.2, 0.25) is 0 Å². The van der Waals surface area contributed by atoms with Crippen LogP contribution < -0.4 is 4.74 Å². The third kappa shape index (κ3) is 3.96. The maximum Gasteiger partial charge on any atom is 0.387 e. The van der Waals surface area contributed by atoms with E-state index in [-0.39, 0.29) is 11.8 Å². The fraction of sp³-hybridized carbons (Fsp3) is 0.571. The smallest absolute Gasteiger partial charge is 0.387 e. The van der Waals surface area contributed by atoms with Crippen molar-refractivity contribution in [2.24, 2.45) is 16.1 Å². The lowest BCUT2D eigenvalue weighted by Crippen LogP contribution is -2.11. The summed E-state index contributed by atoms with van der Waals surface area (Å²) >= 11 is 0. The van der Waals surface area contributed by atoms with Gasteiger partial charge in [-0.05, 0) is 30.5 Å². The lowest BCUT2D eigenvalue weighted by Gasteiger charge is -2.16. The van der Waals surface area contributed by atoms with Crippen LogP contribution in [-0.4, -0.2) is 26.9 Å². The number of nitrogens with zero attached hydrogens (tertiary/aromatic N) is 2. The van der Waals surface area contributed by atoms with Crippen molar-refractivity contribution in [2.45, 2.75) is 25.5 Å². The maximum absolute atomic E-state index is 12.1. The van der Waals surface area contributed by atoms with Gasteiger partial charge in [0.1, 0.15) is 11.8 Å². The largest absolute Gasteiger partial charge is 0.435 e. The number of methoxy groups -OCH3 is 1. The first-order valence-electron chi connectivity index (χ1n) is 6.61. The normalized spacial score (nSPS) is 21.6. The Morgan fingerprint density at radius 1 is 1.30 bits per heavy atom. The predicted molar refractivity (Wildman–Crippen MR) is 70.1 cm³/mol. The Hall–Kier alpha value is -1.56. The molecule has 0 N–H and O–H groups in total. The van der Waals surface area contributed by atoms with Gasteiger partial charge in [-0.25, -0.2) is 0 Å². The molecule has 0 saturated carbocycles. The number of azo groups is 1. The van der Waals surface area contributed by atoms with Gasteiger partial charge in [0.2, 0.25) is 0 Å². The average molecular weight is 284 g/mol. The topological polar surface area (TPSA) is 43.2 Å². The monoisotopic (exact) mass is 284 g/mol. The van der Waals surface area contributed by atoms with Crippen LogP contribution in [0.15, 0.2) is 34.5 Å². The Balaban J connectivity index is 1.96. The van der Waals surface area contributed by atoms with Gasteiger partial charge < -0.3 is 9.47 Å². The molecule has 0 aromatic heterocycles. The van der Waals surface area contributed by atoms with E-state index in [0.717, 1.165) is 25.0 Å². The molecule has 1 aromatic rings. The molecule has 1 aliphatic rings. The summed E-state index contributed by atoms with van der Waals surface area (Å²) in [5.74, 6) is 0.515. The fourth-order valence-electron chi connectivity index (χ4n) is 2.36. The quantitative estimate of drug-likeness (QED) is 0.714. The summed E-state index contributed by atoms with van der Waals surface area (Å²) in [7, 11) is 1.68. The van der Waals surface area contributed by atoms with Crippen molar-refractivity contribution >= 4 is 0 Å². The zero-order chi connectivity index (χ0) is 14.4. The molecule has 4 nitrogen and oxygen atoms in total. The number of rotatable bonds is 7. The van der Waals surface area contributed by atoms with Crippen LogP contribution in [0.25, 0.3) is 0 Å². The number of hydrogen-bond acceptors (Lipinski definition) is 4. The highest BCUT2D eigenvalue weighted by atomic mass is 19.3. The van der Waals surface area contributed by atoms with Gasteiger partial charge >= 0.3 is 6.61 Å². The second kappa shape index (κ2) is 7.28. The molecular weight excluding hydrogens is 266 g/mol. The molecule has 6 heteroatoms. The van der Waals surface area contributed by atoms with Crippen LogP contribution in [0.4, 0.5) is 8.78 Å². The summed E-state index contributed by atoms with van der Waals surface area (Å²) in [4.78, 5) is 0.